The minimum Gasteiger partial charge on any atom is -0.365 e. The Kier molecular flexibility index (Phi) is 8.72. The Morgan fingerprint density at radius 3 is 2.61 bits per heavy atom. The molecule has 1 aromatic heterocycles. The molecule has 3 rings (SSSR count). The number of carbonyl (C=O) groups is 1. The first-order valence-corrected chi connectivity index (χ1v) is 11.1. The molecule has 0 saturated heterocycles. The normalized spacial score (nSPS) is 16.1. The summed E-state index contributed by atoms with van der Waals surface area (Å²) in [6, 6.07) is 7.96. The van der Waals surface area contributed by atoms with Crippen molar-refractivity contribution in [2.75, 3.05) is 24.5 Å². The summed E-state index contributed by atoms with van der Waals surface area (Å²) in [7, 11) is 0. The first-order valence-electron chi connectivity index (χ1n) is 11.1. The number of hydrogen-bond donors (Lipinski definition) is 2. The maximum Gasteiger partial charge on any atom is 0.419 e. The van der Waals surface area contributed by atoms with E-state index in [1.807, 2.05) is 0 Å². The fraction of sp³-hybridized carbons (Fsp3) is 0.292. The standard InChI is InChI=1S/C24H21F6N7O/c1-15-12-37(18-5-2-4-16(10-31)21(18)24(28,29)30)9-3-6-19(35-14-34-15)36-20-8-7-17(11-32-20)22(38)33-13-23(25,26)27/h2,4-5,7-8,11,14H,1,3,6,9,12-13H2,(H,33,38)(H,32,34,35,36). The van der Waals surface area contributed by atoms with Crippen molar-refractivity contribution in [2.45, 2.75) is 25.2 Å². The molecule has 0 aliphatic carbocycles. The minimum absolute atomic E-state index is 0.0237. The number of amides is 1. The molecule has 2 N–H and O–H groups in total. The largest absolute Gasteiger partial charge is 0.419 e. The van der Waals surface area contributed by atoms with E-state index >= 15 is 0 Å². The van der Waals surface area contributed by atoms with Crippen molar-refractivity contribution in [1.29, 1.82) is 5.26 Å². The van der Waals surface area contributed by atoms with Crippen LogP contribution in [0.1, 0.15) is 34.3 Å². The number of rotatable bonds is 4. The highest BCUT2D eigenvalue weighted by Crippen LogP contribution is 2.39. The topological polar surface area (TPSA) is 106 Å². The van der Waals surface area contributed by atoms with Gasteiger partial charge in [-0.05, 0) is 30.7 Å². The molecule has 0 unspecified atom stereocenters. The summed E-state index contributed by atoms with van der Waals surface area (Å²) in [5.41, 5.74) is -1.43. The maximum atomic E-state index is 13.8. The molecule has 2 heterocycles. The van der Waals surface area contributed by atoms with Gasteiger partial charge in [-0.1, -0.05) is 12.6 Å². The third-order valence-electron chi connectivity index (χ3n) is 5.18. The Labute approximate surface area is 213 Å². The van der Waals surface area contributed by atoms with E-state index in [2.05, 4.69) is 26.9 Å². The quantitative estimate of drug-likeness (QED) is 0.549. The van der Waals surface area contributed by atoms with E-state index in [0.717, 1.165) is 12.3 Å². The van der Waals surface area contributed by atoms with Crippen LogP contribution in [0.4, 0.5) is 37.8 Å². The third-order valence-corrected chi connectivity index (χ3v) is 5.18. The number of alkyl halides is 6. The van der Waals surface area contributed by atoms with Gasteiger partial charge in [0.15, 0.2) is 5.82 Å². The maximum absolute atomic E-state index is 13.8. The smallest absolute Gasteiger partial charge is 0.365 e. The second-order valence-electron chi connectivity index (χ2n) is 8.07. The summed E-state index contributed by atoms with van der Waals surface area (Å²) in [5.74, 6) is -0.568. The van der Waals surface area contributed by atoms with Gasteiger partial charge in [0, 0.05) is 24.9 Å². The Bertz CT molecular complexity index is 1280. The Morgan fingerprint density at radius 2 is 1.97 bits per heavy atom. The lowest BCUT2D eigenvalue weighted by Gasteiger charge is -2.29. The van der Waals surface area contributed by atoms with E-state index in [1.165, 1.54) is 35.5 Å². The second kappa shape index (κ2) is 11.8. The molecule has 2 aromatic rings. The molecular weight excluding hydrogens is 516 g/mol. The molecule has 200 valence electrons. The molecule has 14 heteroatoms. The van der Waals surface area contributed by atoms with E-state index in [-0.39, 0.29) is 42.4 Å². The molecule has 0 spiro atoms. The number of carbonyl (C=O) groups excluding carboxylic acids is 1. The van der Waals surface area contributed by atoms with Crippen LogP contribution in [0.3, 0.4) is 0 Å². The van der Waals surface area contributed by atoms with Crippen LogP contribution in [-0.4, -0.2) is 48.9 Å². The van der Waals surface area contributed by atoms with Crippen LogP contribution in [0, 0.1) is 11.3 Å². The van der Waals surface area contributed by atoms with E-state index in [9.17, 15) is 36.4 Å². The Balaban J connectivity index is 1.78. The molecular formula is C24H21F6N7O. The number of nitrogens with one attached hydrogen (secondary N) is 2. The summed E-state index contributed by atoms with van der Waals surface area (Å²) in [6.45, 7) is 2.51. The zero-order valence-corrected chi connectivity index (χ0v) is 19.7. The lowest BCUT2D eigenvalue weighted by molar-refractivity contribution is -0.137. The molecule has 0 bridgehead atoms. The van der Waals surface area contributed by atoms with Crippen molar-refractivity contribution in [3.8, 4) is 6.07 Å². The van der Waals surface area contributed by atoms with Gasteiger partial charge in [-0.3, -0.25) is 4.79 Å². The molecule has 0 atom stereocenters. The predicted molar refractivity (Wildman–Crippen MR) is 128 cm³/mol. The SMILES string of the molecule is C=C1CN(c2cccc(C#N)c2C(F)(F)F)CCCC(=Nc2ccc(C(=O)NCC(F)(F)F)cn2)N=CN1. The molecule has 38 heavy (non-hydrogen) atoms. The van der Waals surface area contributed by atoms with E-state index in [4.69, 9.17) is 0 Å². The number of aromatic nitrogens is 1. The number of hydrogen-bond acceptors (Lipinski definition) is 6. The number of benzene rings is 1. The molecule has 1 amide bonds. The number of nitriles is 1. The number of nitrogens with zero attached hydrogens (tertiary/aromatic N) is 5. The van der Waals surface area contributed by atoms with Crippen molar-refractivity contribution in [1.82, 2.24) is 15.6 Å². The fourth-order valence-corrected chi connectivity index (χ4v) is 3.53. The number of amidine groups is 1. The average molecular weight is 537 g/mol. The van der Waals surface area contributed by atoms with Crippen LogP contribution in [0.15, 0.2) is 58.8 Å². The summed E-state index contributed by atoms with van der Waals surface area (Å²) in [5, 5.41) is 13.7. The Morgan fingerprint density at radius 1 is 1.21 bits per heavy atom. The zero-order valence-electron chi connectivity index (χ0n) is 19.7. The van der Waals surface area contributed by atoms with Gasteiger partial charge in [0.1, 0.15) is 12.4 Å². The number of anilines is 1. The summed E-state index contributed by atoms with van der Waals surface area (Å²) in [4.78, 5) is 25.7. The van der Waals surface area contributed by atoms with Crippen molar-refractivity contribution >= 4 is 29.6 Å². The molecule has 0 fully saturated rings. The minimum atomic E-state index is -4.75. The number of aliphatic imine (C=N–C) groups is 2. The van der Waals surface area contributed by atoms with Crippen LogP contribution in [0.5, 0.6) is 0 Å². The van der Waals surface area contributed by atoms with Gasteiger partial charge in [0.05, 0.1) is 41.3 Å². The summed E-state index contributed by atoms with van der Waals surface area (Å²) < 4.78 is 78.3. The molecule has 0 saturated carbocycles. The van der Waals surface area contributed by atoms with Crippen LogP contribution in [-0.2, 0) is 6.18 Å². The molecule has 1 aliphatic rings. The average Bonchev–Trinajstić information content (AvgIpc) is 2.85. The lowest BCUT2D eigenvalue weighted by Crippen LogP contribution is -2.33. The first kappa shape index (κ1) is 28.2. The van der Waals surface area contributed by atoms with Crippen molar-refractivity contribution < 1.29 is 31.1 Å². The summed E-state index contributed by atoms with van der Waals surface area (Å²) in [6.07, 6.45) is -6.39. The highest BCUT2D eigenvalue weighted by atomic mass is 19.4. The zero-order chi connectivity index (χ0) is 27.9. The van der Waals surface area contributed by atoms with Gasteiger partial charge in [-0.2, -0.15) is 31.6 Å². The van der Waals surface area contributed by atoms with E-state index < -0.39 is 35.9 Å². The van der Waals surface area contributed by atoms with Gasteiger partial charge in [0.25, 0.3) is 5.91 Å². The molecule has 1 aromatic carbocycles. The van der Waals surface area contributed by atoms with Gasteiger partial charge < -0.3 is 15.5 Å². The predicted octanol–water partition coefficient (Wildman–Crippen LogP) is 4.73. The van der Waals surface area contributed by atoms with Crippen LogP contribution < -0.4 is 15.5 Å². The van der Waals surface area contributed by atoms with Gasteiger partial charge in [-0.15, -0.1) is 0 Å². The van der Waals surface area contributed by atoms with Crippen LogP contribution in [0.25, 0.3) is 0 Å². The molecule has 0 radical (unpaired) electrons. The van der Waals surface area contributed by atoms with Crippen molar-refractivity contribution in [3.63, 3.8) is 0 Å². The van der Waals surface area contributed by atoms with Crippen molar-refractivity contribution in [3.05, 3.63) is 65.5 Å². The van der Waals surface area contributed by atoms with E-state index in [1.54, 1.807) is 11.4 Å². The summed E-state index contributed by atoms with van der Waals surface area (Å²) >= 11 is 0. The first-order chi connectivity index (χ1) is 17.9. The number of pyridine rings is 1. The van der Waals surface area contributed by atoms with Gasteiger partial charge in [-0.25, -0.2) is 15.0 Å². The highest BCUT2D eigenvalue weighted by Gasteiger charge is 2.38. The Hall–Kier alpha value is -4.41. The number of halogens is 6. The van der Waals surface area contributed by atoms with Gasteiger partial charge >= 0.3 is 12.4 Å². The van der Waals surface area contributed by atoms with Crippen LogP contribution >= 0.6 is 0 Å². The monoisotopic (exact) mass is 537 g/mol. The molecule has 8 nitrogen and oxygen atoms in total. The highest BCUT2D eigenvalue weighted by molar-refractivity contribution is 5.94. The molecule has 1 aliphatic heterocycles. The van der Waals surface area contributed by atoms with Crippen molar-refractivity contribution in [2.24, 2.45) is 9.98 Å². The fourth-order valence-electron chi connectivity index (χ4n) is 3.53. The van der Waals surface area contributed by atoms with Crippen LogP contribution in [0.2, 0.25) is 0 Å². The lowest BCUT2D eigenvalue weighted by atomic mass is 10.0. The van der Waals surface area contributed by atoms with E-state index in [0.29, 0.717) is 12.1 Å². The third kappa shape index (κ3) is 7.79. The van der Waals surface area contributed by atoms with Gasteiger partial charge in [0.2, 0.25) is 0 Å². The second-order valence-corrected chi connectivity index (χ2v) is 8.07.